The minimum Gasteiger partial charge on any atom is -0.506 e. The number of fused-ring (bicyclic) bond motifs is 1. The van der Waals surface area contributed by atoms with E-state index in [0.717, 1.165) is 49.4 Å². The molecule has 0 amide bonds. The van der Waals surface area contributed by atoms with Crippen LogP contribution >= 0.6 is 15.9 Å². The molecule has 0 saturated heterocycles. The summed E-state index contributed by atoms with van der Waals surface area (Å²) in [6.07, 6.45) is 9.59. The van der Waals surface area contributed by atoms with E-state index >= 15 is 0 Å². The van der Waals surface area contributed by atoms with Crippen LogP contribution in [0, 0.1) is 0 Å². The number of benzene rings is 1. The second-order valence-corrected chi connectivity index (χ2v) is 7.53. The standard InChI is InChI=1S/C18H23BrO3/c19-15-13-8-4-1-3-7-12(13)11-14(16(15)20)18(17(21)22)9-5-2-6-10-18/h11,20H,1-10H2,(H,21,22). The van der Waals surface area contributed by atoms with Crippen molar-refractivity contribution in [3.63, 3.8) is 0 Å². The fraction of sp³-hybridized carbons (Fsp3) is 0.611. The maximum Gasteiger partial charge on any atom is 0.314 e. The Labute approximate surface area is 139 Å². The van der Waals surface area contributed by atoms with Crippen LogP contribution in [0.2, 0.25) is 0 Å². The molecule has 0 atom stereocenters. The normalized spacial score (nSPS) is 21.0. The molecule has 1 fully saturated rings. The van der Waals surface area contributed by atoms with Gasteiger partial charge in [0.2, 0.25) is 0 Å². The van der Waals surface area contributed by atoms with Crippen molar-refractivity contribution in [2.75, 3.05) is 0 Å². The molecule has 2 N–H and O–H groups in total. The summed E-state index contributed by atoms with van der Waals surface area (Å²) in [7, 11) is 0. The molecule has 22 heavy (non-hydrogen) atoms. The van der Waals surface area contributed by atoms with E-state index in [4.69, 9.17) is 0 Å². The van der Waals surface area contributed by atoms with Crippen LogP contribution in [-0.2, 0) is 23.1 Å². The number of halogens is 1. The first-order valence-electron chi connectivity index (χ1n) is 8.33. The fourth-order valence-electron chi connectivity index (χ4n) is 4.14. The zero-order valence-corrected chi connectivity index (χ0v) is 14.4. The first-order chi connectivity index (χ1) is 10.6. The molecule has 0 heterocycles. The SMILES string of the molecule is O=C(O)C1(c2cc3c(c(Br)c2O)CCCCC3)CCCCC1. The van der Waals surface area contributed by atoms with Gasteiger partial charge in [0.15, 0.2) is 0 Å². The van der Waals surface area contributed by atoms with E-state index < -0.39 is 11.4 Å². The number of carboxylic acids is 1. The molecular weight excluding hydrogens is 344 g/mol. The first kappa shape index (κ1) is 15.9. The maximum absolute atomic E-state index is 12.0. The number of hydrogen-bond donors (Lipinski definition) is 2. The predicted molar refractivity (Wildman–Crippen MR) is 89.5 cm³/mol. The Morgan fingerprint density at radius 1 is 1.05 bits per heavy atom. The number of aromatic hydroxyl groups is 1. The van der Waals surface area contributed by atoms with Gasteiger partial charge in [-0.25, -0.2) is 0 Å². The van der Waals surface area contributed by atoms with Crippen LogP contribution in [0.5, 0.6) is 5.75 Å². The summed E-state index contributed by atoms with van der Waals surface area (Å²) in [6.45, 7) is 0. The molecule has 3 rings (SSSR count). The van der Waals surface area contributed by atoms with E-state index in [0.29, 0.717) is 18.4 Å². The number of phenols is 1. The van der Waals surface area contributed by atoms with Crippen LogP contribution in [0.3, 0.4) is 0 Å². The maximum atomic E-state index is 12.0. The van der Waals surface area contributed by atoms with Crippen molar-refractivity contribution in [1.29, 1.82) is 0 Å². The van der Waals surface area contributed by atoms with E-state index in [1.54, 1.807) is 0 Å². The fourth-order valence-corrected chi connectivity index (χ4v) is 4.80. The Bertz CT molecular complexity index is 588. The summed E-state index contributed by atoms with van der Waals surface area (Å²) in [5.41, 5.74) is 2.12. The van der Waals surface area contributed by atoms with E-state index in [9.17, 15) is 15.0 Å². The van der Waals surface area contributed by atoms with Crippen LogP contribution in [-0.4, -0.2) is 16.2 Å². The quantitative estimate of drug-likeness (QED) is 0.745. The van der Waals surface area contributed by atoms with E-state index in [1.165, 1.54) is 17.5 Å². The number of carbonyl (C=O) groups is 1. The van der Waals surface area contributed by atoms with Crippen LogP contribution in [0.1, 0.15) is 68.1 Å². The van der Waals surface area contributed by atoms with Gasteiger partial charge in [-0.2, -0.15) is 0 Å². The minimum absolute atomic E-state index is 0.157. The van der Waals surface area contributed by atoms with Gasteiger partial charge in [0.05, 0.1) is 9.89 Å². The van der Waals surface area contributed by atoms with Crippen molar-refractivity contribution in [2.45, 2.75) is 69.6 Å². The van der Waals surface area contributed by atoms with E-state index in [-0.39, 0.29) is 5.75 Å². The van der Waals surface area contributed by atoms with Crippen molar-refractivity contribution in [2.24, 2.45) is 0 Å². The zero-order valence-electron chi connectivity index (χ0n) is 12.8. The monoisotopic (exact) mass is 366 g/mol. The largest absolute Gasteiger partial charge is 0.506 e. The lowest BCUT2D eigenvalue weighted by Gasteiger charge is -2.35. The number of aryl methyl sites for hydroxylation is 1. The molecule has 1 aromatic carbocycles. The third kappa shape index (κ3) is 2.55. The van der Waals surface area contributed by atoms with Crippen LogP contribution in [0.15, 0.2) is 10.5 Å². The zero-order chi connectivity index (χ0) is 15.7. The number of carboxylic acid groups (broad SMARTS) is 1. The smallest absolute Gasteiger partial charge is 0.314 e. The van der Waals surface area contributed by atoms with Gasteiger partial charge in [0, 0.05) is 5.56 Å². The summed E-state index contributed by atoms with van der Waals surface area (Å²) in [4.78, 5) is 12.0. The highest BCUT2D eigenvalue weighted by Gasteiger charge is 2.44. The second kappa shape index (κ2) is 6.23. The highest BCUT2D eigenvalue weighted by molar-refractivity contribution is 9.10. The van der Waals surface area contributed by atoms with Gasteiger partial charge in [-0.3, -0.25) is 4.79 Å². The molecule has 1 aromatic rings. The van der Waals surface area contributed by atoms with Gasteiger partial charge in [0.25, 0.3) is 0 Å². The second-order valence-electron chi connectivity index (χ2n) is 6.73. The van der Waals surface area contributed by atoms with Crippen molar-refractivity contribution >= 4 is 21.9 Å². The average molecular weight is 367 g/mol. The van der Waals surface area contributed by atoms with Crippen molar-refractivity contribution in [3.8, 4) is 5.75 Å². The lowest BCUT2D eigenvalue weighted by molar-refractivity contribution is -0.145. The number of rotatable bonds is 2. The van der Waals surface area contributed by atoms with Crippen molar-refractivity contribution < 1.29 is 15.0 Å². The van der Waals surface area contributed by atoms with Gasteiger partial charge in [0.1, 0.15) is 5.75 Å². The summed E-state index contributed by atoms with van der Waals surface area (Å²) in [5.74, 6) is -0.632. The molecule has 1 saturated carbocycles. The van der Waals surface area contributed by atoms with Gasteiger partial charge >= 0.3 is 5.97 Å². The summed E-state index contributed by atoms with van der Waals surface area (Å²) in [6, 6.07) is 2.00. The molecule has 0 aromatic heterocycles. The van der Waals surface area contributed by atoms with E-state index in [1.807, 2.05) is 6.07 Å². The van der Waals surface area contributed by atoms with Crippen LogP contribution in [0.25, 0.3) is 0 Å². The van der Waals surface area contributed by atoms with Gasteiger partial charge < -0.3 is 10.2 Å². The molecule has 4 heteroatoms. The number of phenolic OH excluding ortho intramolecular Hbond substituents is 1. The third-order valence-corrected chi connectivity index (χ3v) is 6.29. The number of aliphatic carboxylic acids is 1. The lowest BCUT2D eigenvalue weighted by Crippen LogP contribution is -2.38. The molecule has 2 aliphatic carbocycles. The molecule has 0 bridgehead atoms. The molecule has 0 aliphatic heterocycles. The molecule has 120 valence electrons. The van der Waals surface area contributed by atoms with Crippen LogP contribution in [0.4, 0.5) is 0 Å². The van der Waals surface area contributed by atoms with Crippen molar-refractivity contribution in [1.82, 2.24) is 0 Å². The summed E-state index contributed by atoms with van der Waals surface area (Å²) >= 11 is 3.55. The highest BCUT2D eigenvalue weighted by atomic mass is 79.9. The third-order valence-electron chi connectivity index (χ3n) is 5.44. The predicted octanol–water partition coefficient (Wildman–Crippen LogP) is 4.71. The molecular formula is C18H23BrO3. The Balaban J connectivity index is 2.15. The average Bonchev–Trinajstić information content (AvgIpc) is 2.77. The highest BCUT2D eigenvalue weighted by Crippen LogP contribution is 2.48. The number of hydrogen-bond acceptors (Lipinski definition) is 2. The molecule has 2 aliphatic rings. The van der Waals surface area contributed by atoms with Gasteiger partial charge in [-0.1, -0.05) is 31.7 Å². The molecule has 0 unspecified atom stereocenters. The Morgan fingerprint density at radius 2 is 1.68 bits per heavy atom. The Morgan fingerprint density at radius 3 is 2.36 bits per heavy atom. The Hall–Kier alpha value is -1.03. The van der Waals surface area contributed by atoms with Crippen molar-refractivity contribution in [3.05, 3.63) is 27.2 Å². The summed E-state index contributed by atoms with van der Waals surface area (Å²) in [5, 5.41) is 20.6. The van der Waals surface area contributed by atoms with Gasteiger partial charge in [-0.15, -0.1) is 0 Å². The van der Waals surface area contributed by atoms with E-state index in [2.05, 4.69) is 15.9 Å². The molecule has 0 radical (unpaired) electrons. The molecule has 0 spiro atoms. The first-order valence-corrected chi connectivity index (χ1v) is 9.12. The topological polar surface area (TPSA) is 57.5 Å². The van der Waals surface area contributed by atoms with Gasteiger partial charge in [-0.05, 0) is 65.6 Å². The summed E-state index contributed by atoms with van der Waals surface area (Å²) < 4.78 is 0.730. The minimum atomic E-state index is -0.911. The van der Waals surface area contributed by atoms with Crippen LogP contribution < -0.4 is 0 Å². The lowest BCUT2D eigenvalue weighted by atomic mass is 9.68. The molecule has 3 nitrogen and oxygen atoms in total. The Kier molecular flexibility index (Phi) is 4.49.